The zero-order valence-corrected chi connectivity index (χ0v) is 12.5. The van der Waals surface area contributed by atoms with E-state index < -0.39 is 7.12 Å². The van der Waals surface area contributed by atoms with Gasteiger partial charge in [-0.15, -0.1) is 0 Å². The first-order valence-corrected chi connectivity index (χ1v) is 7.25. The van der Waals surface area contributed by atoms with E-state index in [0.29, 0.717) is 11.4 Å². The third-order valence-corrected chi connectivity index (χ3v) is 3.36. The van der Waals surface area contributed by atoms with E-state index in [2.05, 4.69) is 13.8 Å². The number of hydrogen-bond donors (Lipinski definition) is 2. The van der Waals surface area contributed by atoms with Gasteiger partial charge in [0.25, 0.3) is 0 Å². The van der Waals surface area contributed by atoms with Crippen LogP contribution in [0.4, 0.5) is 0 Å². The maximum atomic E-state index is 9.08. The summed E-state index contributed by atoms with van der Waals surface area (Å²) >= 11 is 0. The van der Waals surface area contributed by atoms with Crippen molar-refractivity contribution in [3.63, 3.8) is 0 Å². The highest BCUT2D eigenvalue weighted by molar-refractivity contribution is 6.58. The molecule has 0 saturated carbocycles. The second-order valence-electron chi connectivity index (χ2n) is 5.55. The fraction of sp³-hybridized carbons (Fsp3) is 0.294. The monoisotopic (exact) mass is 284 g/mol. The van der Waals surface area contributed by atoms with Gasteiger partial charge >= 0.3 is 7.12 Å². The maximum Gasteiger partial charge on any atom is 0.488 e. The first-order chi connectivity index (χ1) is 10.1. The highest BCUT2D eigenvalue weighted by atomic mass is 16.5. The van der Waals surface area contributed by atoms with Gasteiger partial charge in [0, 0.05) is 0 Å². The summed E-state index contributed by atoms with van der Waals surface area (Å²) < 4.78 is 5.69. The second kappa shape index (κ2) is 7.30. The average Bonchev–Trinajstić information content (AvgIpc) is 2.48. The van der Waals surface area contributed by atoms with E-state index in [1.165, 1.54) is 0 Å². The van der Waals surface area contributed by atoms with Crippen LogP contribution in [0.25, 0.3) is 11.1 Å². The predicted octanol–water partition coefficient (Wildman–Crippen LogP) is 2.46. The van der Waals surface area contributed by atoms with Crippen LogP contribution in [0, 0.1) is 5.92 Å². The Bertz CT molecular complexity index is 547. The van der Waals surface area contributed by atoms with Crippen molar-refractivity contribution in [2.45, 2.75) is 20.3 Å². The molecule has 0 spiro atoms. The van der Waals surface area contributed by atoms with Crippen LogP contribution in [0.2, 0.25) is 0 Å². The molecule has 2 N–H and O–H groups in total. The van der Waals surface area contributed by atoms with E-state index in [1.54, 1.807) is 12.1 Å². The minimum atomic E-state index is -1.42. The quantitative estimate of drug-likeness (QED) is 0.801. The normalized spacial score (nSPS) is 10.7. The number of benzene rings is 2. The Morgan fingerprint density at radius 2 is 1.43 bits per heavy atom. The standard InChI is InChI=1S/C17H21BO3/c1-13(2)11-12-21-17-9-5-15(6-10-17)14-3-7-16(8-4-14)18(19)20/h3-10,13,19-20H,11-12H2,1-2H3. The van der Waals surface area contributed by atoms with Gasteiger partial charge in [0.1, 0.15) is 5.75 Å². The summed E-state index contributed by atoms with van der Waals surface area (Å²) in [6.07, 6.45) is 1.05. The fourth-order valence-corrected chi connectivity index (χ4v) is 2.00. The van der Waals surface area contributed by atoms with Crippen molar-refractivity contribution in [1.29, 1.82) is 0 Å². The van der Waals surface area contributed by atoms with E-state index >= 15 is 0 Å². The Morgan fingerprint density at radius 1 is 0.905 bits per heavy atom. The lowest BCUT2D eigenvalue weighted by Gasteiger charge is -2.09. The van der Waals surface area contributed by atoms with E-state index in [4.69, 9.17) is 14.8 Å². The molecule has 0 aliphatic carbocycles. The van der Waals surface area contributed by atoms with E-state index in [-0.39, 0.29) is 0 Å². The van der Waals surface area contributed by atoms with Crippen LogP contribution in [0.1, 0.15) is 20.3 Å². The smallest absolute Gasteiger partial charge is 0.488 e. The number of hydrogen-bond acceptors (Lipinski definition) is 3. The summed E-state index contributed by atoms with van der Waals surface area (Å²) in [6.45, 7) is 5.10. The van der Waals surface area contributed by atoms with Crippen LogP contribution in [0.15, 0.2) is 48.5 Å². The molecule has 0 heterocycles. The molecule has 0 amide bonds. The lowest BCUT2D eigenvalue weighted by atomic mass is 9.80. The van der Waals surface area contributed by atoms with Crippen molar-refractivity contribution in [1.82, 2.24) is 0 Å². The van der Waals surface area contributed by atoms with Gasteiger partial charge in [-0.2, -0.15) is 0 Å². The third kappa shape index (κ3) is 4.62. The van der Waals surface area contributed by atoms with Gasteiger partial charge in [0.2, 0.25) is 0 Å². The molecule has 2 aromatic carbocycles. The van der Waals surface area contributed by atoms with Crippen molar-refractivity contribution in [2.75, 3.05) is 6.61 Å². The molecule has 0 radical (unpaired) electrons. The largest absolute Gasteiger partial charge is 0.494 e. The van der Waals surface area contributed by atoms with Crippen molar-refractivity contribution in [3.05, 3.63) is 48.5 Å². The maximum absolute atomic E-state index is 9.08. The minimum Gasteiger partial charge on any atom is -0.494 e. The van der Waals surface area contributed by atoms with Gasteiger partial charge in [-0.05, 0) is 41.1 Å². The van der Waals surface area contributed by atoms with E-state index in [1.807, 2.05) is 36.4 Å². The predicted molar refractivity (Wildman–Crippen MR) is 86.7 cm³/mol. The molecule has 2 aromatic rings. The fourth-order valence-electron chi connectivity index (χ4n) is 2.00. The zero-order valence-electron chi connectivity index (χ0n) is 12.5. The summed E-state index contributed by atoms with van der Waals surface area (Å²) in [5, 5.41) is 18.2. The molecular formula is C17H21BO3. The minimum absolute atomic E-state index is 0.493. The summed E-state index contributed by atoms with van der Waals surface area (Å²) in [5.74, 6) is 1.52. The van der Waals surface area contributed by atoms with Gasteiger partial charge < -0.3 is 14.8 Å². The van der Waals surface area contributed by atoms with Crippen molar-refractivity contribution in [3.8, 4) is 16.9 Å². The van der Waals surface area contributed by atoms with Gasteiger partial charge in [-0.1, -0.05) is 50.2 Å². The van der Waals surface area contributed by atoms with Crippen LogP contribution in [0.3, 0.4) is 0 Å². The summed E-state index contributed by atoms with van der Waals surface area (Å²) in [4.78, 5) is 0. The van der Waals surface area contributed by atoms with Crippen LogP contribution in [-0.4, -0.2) is 23.8 Å². The number of rotatable bonds is 6. The molecule has 0 aliphatic heterocycles. The van der Waals surface area contributed by atoms with Gasteiger partial charge in [-0.25, -0.2) is 0 Å². The molecule has 0 aromatic heterocycles. The van der Waals surface area contributed by atoms with Gasteiger partial charge in [0.05, 0.1) is 6.61 Å². The molecule has 2 rings (SSSR count). The molecule has 0 bridgehead atoms. The average molecular weight is 284 g/mol. The first-order valence-electron chi connectivity index (χ1n) is 7.25. The molecule has 110 valence electrons. The van der Waals surface area contributed by atoms with Crippen molar-refractivity contribution >= 4 is 12.6 Å². The van der Waals surface area contributed by atoms with Crippen LogP contribution < -0.4 is 10.2 Å². The topological polar surface area (TPSA) is 49.7 Å². The van der Waals surface area contributed by atoms with Crippen LogP contribution in [-0.2, 0) is 0 Å². The van der Waals surface area contributed by atoms with E-state index in [0.717, 1.165) is 29.9 Å². The zero-order chi connectivity index (χ0) is 15.2. The first kappa shape index (κ1) is 15.6. The summed E-state index contributed by atoms with van der Waals surface area (Å²) in [5.41, 5.74) is 2.60. The van der Waals surface area contributed by atoms with Gasteiger partial charge in [0.15, 0.2) is 0 Å². The molecule has 3 nitrogen and oxygen atoms in total. The van der Waals surface area contributed by atoms with Gasteiger partial charge in [-0.3, -0.25) is 0 Å². The number of ether oxygens (including phenoxy) is 1. The van der Waals surface area contributed by atoms with Crippen molar-refractivity contribution < 1.29 is 14.8 Å². The lowest BCUT2D eigenvalue weighted by molar-refractivity contribution is 0.289. The molecule has 21 heavy (non-hydrogen) atoms. The van der Waals surface area contributed by atoms with Crippen LogP contribution >= 0.6 is 0 Å². The molecule has 0 unspecified atom stereocenters. The molecule has 4 heteroatoms. The van der Waals surface area contributed by atoms with Crippen LogP contribution in [0.5, 0.6) is 5.75 Å². The summed E-state index contributed by atoms with van der Waals surface area (Å²) in [7, 11) is -1.42. The Morgan fingerprint density at radius 3 is 1.90 bits per heavy atom. The lowest BCUT2D eigenvalue weighted by Crippen LogP contribution is -2.29. The Hall–Kier alpha value is -1.78. The highest BCUT2D eigenvalue weighted by Gasteiger charge is 2.10. The summed E-state index contributed by atoms with van der Waals surface area (Å²) in [6, 6.07) is 15.1. The molecule has 0 atom stereocenters. The Kier molecular flexibility index (Phi) is 5.42. The SMILES string of the molecule is CC(C)CCOc1ccc(-c2ccc(B(O)O)cc2)cc1. The highest BCUT2D eigenvalue weighted by Crippen LogP contribution is 2.22. The van der Waals surface area contributed by atoms with E-state index in [9.17, 15) is 0 Å². The molecule has 0 saturated heterocycles. The molecular weight excluding hydrogens is 263 g/mol. The molecule has 0 aliphatic rings. The third-order valence-electron chi connectivity index (χ3n) is 3.36. The van der Waals surface area contributed by atoms with Crippen molar-refractivity contribution in [2.24, 2.45) is 5.92 Å². The Balaban J connectivity index is 2.01. The second-order valence-corrected chi connectivity index (χ2v) is 5.55. The molecule has 0 fully saturated rings. The Labute approximate surface area is 126 Å².